The maximum atomic E-state index is 13.0. The number of nitrogens with zero attached hydrogens (tertiary/aromatic N) is 1. The van der Waals surface area contributed by atoms with Crippen molar-refractivity contribution in [2.24, 2.45) is 0 Å². The normalized spacial score (nSPS) is 20.4. The topological polar surface area (TPSA) is 20.3 Å². The largest absolute Gasteiger partial charge is 0.331 e. The number of thiophene rings is 1. The molecule has 4 rings (SSSR count). The lowest BCUT2D eigenvalue weighted by Crippen LogP contribution is -2.38. The zero-order valence-corrected chi connectivity index (χ0v) is 13.8. The summed E-state index contributed by atoms with van der Waals surface area (Å²) < 4.78 is 0. The second-order valence-corrected chi connectivity index (χ2v) is 7.41. The van der Waals surface area contributed by atoms with Crippen LogP contribution in [0.4, 0.5) is 0 Å². The van der Waals surface area contributed by atoms with Crippen molar-refractivity contribution in [2.45, 2.75) is 45.1 Å². The van der Waals surface area contributed by atoms with Gasteiger partial charge in [0.2, 0.25) is 0 Å². The summed E-state index contributed by atoms with van der Waals surface area (Å²) in [5.41, 5.74) is 5.03. The summed E-state index contributed by atoms with van der Waals surface area (Å²) in [6.45, 7) is 2.99. The van der Waals surface area contributed by atoms with Gasteiger partial charge in [-0.05, 0) is 79.3 Å². The first-order valence-corrected chi connectivity index (χ1v) is 9.11. The third-order valence-electron chi connectivity index (χ3n) is 5.13. The standard InChI is InChI=1S/C19H21NOS/c1-13-17-9-11-22-18(17)8-10-20(13)19(21)16-7-6-14-4-2-3-5-15(14)12-16/h6-7,9,11-13H,2-5,8,10H2,1H3. The molecule has 1 unspecified atom stereocenters. The van der Waals surface area contributed by atoms with E-state index in [1.807, 2.05) is 22.3 Å². The predicted octanol–water partition coefficient (Wildman–Crippen LogP) is 4.39. The van der Waals surface area contributed by atoms with Crippen molar-refractivity contribution in [3.8, 4) is 0 Å². The Hall–Kier alpha value is -1.61. The maximum absolute atomic E-state index is 13.0. The zero-order chi connectivity index (χ0) is 15.1. The highest BCUT2D eigenvalue weighted by atomic mass is 32.1. The molecule has 1 aliphatic carbocycles. The number of carbonyl (C=O) groups is 1. The van der Waals surface area contributed by atoms with Gasteiger partial charge in [0, 0.05) is 17.0 Å². The van der Waals surface area contributed by atoms with E-state index in [9.17, 15) is 4.79 Å². The highest BCUT2D eigenvalue weighted by Crippen LogP contribution is 2.34. The number of rotatable bonds is 1. The molecular weight excluding hydrogens is 290 g/mol. The number of hydrogen-bond donors (Lipinski definition) is 0. The first-order chi connectivity index (χ1) is 10.7. The average molecular weight is 311 g/mol. The fraction of sp³-hybridized carbons (Fsp3) is 0.421. The minimum absolute atomic E-state index is 0.192. The van der Waals surface area contributed by atoms with Crippen LogP contribution in [0.2, 0.25) is 0 Å². The molecule has 2 heterocycles. The fourth-order valence-electron chi connectivity index (χ4n) is 3.82. The minimum Gasteiger partial charge on any atom is -0.331 e. The second-order valence-electron chi connectivity index (χ2n) is 6.41. The van der Waals surface area contributed by atoms with Crippen LogP contribution in [-0.4, -0.2) is 17.4 Å². The van der Waals surface area contributed by atoms with Gasteiger partial charge in [0.1, 0.15) is 0 Å². The summed E-state index contributed by atoms with van der Waals surface area (Å²) >= 11 is 1.82. The number of amides is 1. The number of aryl methyl sites for hydroxylation is 2. The smallest absolute Gasteiger partial charge is 0.254 e. The molecule has 2 aliphatic rings. The van der Waals surface area contributed by atoms with Gasteiger partial charge in [-0.1, -0.05) is 6.07 Å². The molecule has 1 amide bonds. The Kier molecular flexibility index (Phi) is 3.53. The van der Waals surface area contributed by atoms with Crippen molar-refractivity contribution in [3.05, 3.63) is 56.8 Å². The van der Waals surface area contributed by atoms with Gasteiger partial charge in [-0.3, -0.25) is 4.79 Å². The molecule has 1 aliphatic heterocycles. The maximum Gasteiger partial charge on any atom is 0.254 e. The van der Waals surface area contributed by atoms with Crippen LogP contribution in [0.15, 0.2) is 29.6 Å². The molecule has 0 bridgehead atoms. The average Bonchev–Trinajstić information content (AvgIpc) is 3.04. The van der Waals surface area contributed by atoms with Crippen molar-refractivity contribution in [2.75, 3.05) is 6.54 Å². The van der Waals surface area contributed by atoms with Gasteiger partial charge in [0.05, 0.1) is 6.04 Å². The third-order valence-corrected chi connectivity index (χ3v) is 6.13. The molecule has 1 aromatic heterocycles. The lowest BCUT2D eigenvalue weighted by molar-refractivity contribution is 0.0679. The summed E-state index contributed by atoms with van der Waals surface area (Å²) in [5.74, 6) is 0.192. The van der Waals surface area contributed by atoms with E-state index < -0.39 is 0 Å². The first kappa shape index (κ1) is 14.0. The van der Waals surface area contributed by atoms with E-state index in [0.717, 1.165) is 24.9 Å². The van der Waals surface area contributed by atoms with E-state index in [1.54, 1.807) is 0 Å². The summed E-state index contributed by atoms with van der Waals surface area (Å²) in [5, 5.41) is 2.15. The van der Waals surface area contributed by atoms with E-state index in [1.165, 1.54) is 40.8 Å². The highest BCUT2D eigenvalue weighted by molar-refractivity contribution is 7.10. The van der Waals surface area contributed by atoms with Crippen molar-refractivity contribution in [1.29, 1.82) is 0 Å². The Labute approximate surface area is 135 Å². The zero-order valence-electron chi connectivity index (χ0n) is 13.0. The molecule has 0 saturated heterocycles. The van der Waals surface area contributed by atoms with Crippen LogP contribution in [-0.2, 0) is 19.3 Å². The molecule has 1 atom stereocenters. The summed E-state index contributed by atoms with van der Waals surface area (Å²) in [7, 11) is 0. The number of fused-ring (bicyclic) bond motifs is 2. The molecular formula is C19H21NOS. The van der Waals surface area contributed by atoms with Crippen molar-refractivity contribution in [1.82, 2.24) is 4.90 Å². The van der Waals surface area contributed by atoms with Gasteiger partial charge in [0.25, 0.3) is 5.91 Å². The molecule has 114 valence electrons. The minimum atomic E-state index is 0.192. The lowest BCUT2D eigenvalue weighted by Gasteiger charge is -2.34. The molecule has 0 saturated carbocycles. The Morgan fingerprint density at radius 3 is 2.82 bits per heavy atom. The number of carbonyl (C=O) groups excluding carboxylic acids is 1. The predicted molar refractivity (Wildman–Crippen MR) is 90.6 cm³/mol. The van der Waals surface area contributed by atoms with Gasteiger partial charge in [-0.15, -0.1) is 11.3 Å². The quantitative estimate of drug-likeness (QED) is 0.765. The van der Waals surface area contributed by atoms with Crippen LogP contribution in [0.5, 0.6) is 0 Å². The Bertz CT molecular complexity index is 718. The van der Waals surface area contributed by atoms with Crippen LogP contribution in [0.25, 0.3) is 0 Å². The van der Waals surface area contributed by atoms with E-state index in [2.05, 4.69) is 30.5 Å². The van der Waals surface area contributed by atoms with E-state index in [4.69, 9.17) is 0 Å². The fourth-order valence-corrected chi connectivity index (χ4v) is 4.78. The molecule has 0 fully saturated rings. The number of benzene rings is 1. The lowest BCUT2D eigenvalue weighted by atomic mass is 9.90. The van der Waals surface area contributed by atoms with Crippen LogP contribution in [0.1, 0.15) is 57.7 Å². The molecule has 0 radical (unpaired) electrons. The van der Waals surface area contributed by atoms with Crippen LogP contribution in [0.3, 0.4) is 0 Å². The summed E-state index contributed by atoms with van der Waals surface area (Å²) in [6.07, 6.45) is 5.82. The molecule has 1 aromatic carbocycles. The summed E-state index contributed by atoms with van der Waals surface area (Å²) in [6, 6.07) is 8.72. The van der Waals surface area contributed by atoms with Gasteiger partial charge >= 0.3 is 0 Å². The van der Waals surface area contributed by atoms with E-state index >= 15 is 0 Å². The van der Waals surface area contributed by atoms with Crippen molar-refractivity contribution in [3.63, 3.8) is 0 Å². The molecule has 0 N–H and O–H groups in total. The van der Waals surface area contributed by atoms with Crippen LogP contribution >= 0.6 is 11.3 Å². The molecule has 22 heavy (non-hydrogen) atoms. The van der Waals surface area contributed by atoms with Gasteiger partial charge in [-0.25, -0.2) is 0 Å². The van der Waals surface area contributed by atoms with Crippen LogP contribution < -0.4 is 0 Å². The van der Waals surface area contributed by atoms with Gasteiger partial charge in [0.15, 0.2) is 0 Å². The first-order valence-electron chi connectivity index (χ1n) is 8.23. The Balaban J connectivity index is 1.62. The van der Waals surface area contributed by atoms with Crippen molar-refractivity contribution < 1.29 is 4.79 Å². The SMILES string of the molecule is CC1c2ccsc2CCN1C(=O)c1ccc2c(c1)CCCC2. The van der Waals surface area contributed by atoms with Gasteiger partial charge in [-0.2, -0.15) is 0 Å². The van der Waals surface area contributed by atoms with E-state index in [0.29, 0.717) is 0 Å². The van der Waals surface area contributed by atoms with Crippen molar-refractivity contribution >= 4 is 17.2 Å². The molecule has 2 nitrogen and oxygen atoms in total. The van der Waals surface area contributed by atoms with E-state index in [-0.39, 0.29) is 11.9 Å². The highest BCUT2D eigenvalue weighted by Gasteiger charge is 2.29. The number of hydrogen-bond acceptors (Lipinski definition) is 2. The third kappa shape index (κ3) is 2.28. The Morgan fingerprint density at radius 2 is 1.95 bits per heavy atom. The molecule has 2 aromatic rings. The monoisotopic (exact) mass is 311 g/mol. The second kappa shape index (κ2) is 5.54. The summed E-state index contributed by atoms with van der Waals surface area (Å²) in [4.78, 5) is 16.4. The Morgan fingerprint density at radius 1 is 1.14 bits per heavy atom. The molecule has 3 heteroatoms. The molecule has 0 spiro atoms. The van der Waals surface area contributed by atoms with Gasteiger partial charge < -0.3 is 4.90 Å². The van der Waals surface area contributed by atoms with Crippen LogP contribution in [0, 0.1) is 0 Å².